The highest BCUT2D eigenvalue weighted by molar-refractivity contribution is 5.18. The largest absolute Gasteiger partial charge is 0.103 e. The van der Waals surface area contributed by atoms with Gasteiger partial charge in [-0.2, -0.15) is 0 Å². The average Bonchev–Trinajstić information content (AvgIpc) is 2.25. The van der Waals surface area contributed by atoms with Gasteiger partial charge in [-0.1, -0.05) is 49.8 Å². The average molecular weight is 188 g/mol. The predicted molar refractivity (Wildman–Crippen MR) is 63.5 cm³/mol. The Morgan fingerprint density at radius 3 is 2.57 bits per heavy atom. The van der Waals surface area contributed by atoms with E-state index in [1.807, 2.05) is 6.08 Å². The Balaban J connectivity index is 2.28. The lowest BCUT2D eigenvalue weighted by Crippen LogP contribution is -1.92. The van der Waals surface area contributed by atoms with Gasteiger partial charge in [0, 0.05) is 0 Å². The molecule has 1 aromatic rings. The number of benzene rings is 1. The van der Waals surface area contributed by atoms with E-state index in [4.69, 9.17) is 0 Å². The SMILES string of the molecule is C=CCCCCC(C)c1ccccc1. The monoisotopic (exact) mass is 188 g/mol. The molecule has 1 atom stereocenters. The summed E-state index contributed by atoms with van der Waals surface area (Å²) in [6, 6.07) is 10.8. The van der Waals surface area contributed by atoms with Gasteiger partial charge in [-0.15, -0.1) is 6.58 Å². The lowest BCUT2D eigenvalue weighted by molar-refractivity contribution is 0.609. The van der Waals surface area contributed by atoms with Gasteiger partial charge >= 0.3 is 0 Å². The van der Waals surface area contributed by atoms with E-state index < -0.39 is 0 Å². The van der Waals surface area contributed by atoms with E-state index in [0.29, 0.717) is 5.92 Å². The molecule has 0 N–H and O–H groups in total. The highest BCUT2D eigenvalue weighted by atomic mass is 14.1. The molecule has 0 saturated carbocycles. The molecule has 0 heteroatoms. The summed E-state index contributed by atoms with van der Waals surface area (Å²) in [5.41, 5.74) is 1.46. The predicted octanol–water partition coefficient (Wildman–Crippen LogP) is 4.54. The number of rotatable bonds is 6. The smallest absolute Gasteiger partial charge is 0.0190 e. The first kappa shape index (κ1) is 11.0. The molecule has 76 valence electrons. The quantitative estimate of drug-likeness (QED) is 0.454. The molecule has 0 aliphatic carbocycles. The van der Waals surface area contributed by atoms with E-state index in [-0.39, 0.29) is 0 Å². The minimum absolute atomic E-state index is 0.695. The Morgan fingerprint density at radius 1 is 1.21 bits per heavy atom. The van der Waals surface area contributed by atoms with Crippen molar-refractivity contribution in [3.63, 3.8) is 0 Å². The van der Waals surface area contributed by atoms with Crippen LogP contribution in [0.5, 0.6) is 0 Å². The maximum Gasteiger partial charge on any atom is -0.0190 e. The second-order valence-corrected chi connectivity index (χ2v) is 3.88. The van der Waals surface area contributed by atoms with Crippen LogP contribution in [-0.4, -0.2) is 0 Å². The maximum absolute atomic E-state index is 3.74. The van der Waals surface area contributed by atoms with E-state index in [1.165, 1.54) is 24.8 Å². The van der Waals surface area contributed by atoms with Crippen LogP contribution < -0.4 is 0 Å². The molecule has 0 saturated heterocycles. The van der Waals surface area contributed by atoms with E-state index in [1.54, 1.807) is 0 Å². The molecule has 0 amide bonds. The Labute approximate surface area is 87.7 Å². The molecule has 1 unspecified atom stereocenters. The standard InChI is InChI=1S/C14H20/c1-3-4-5-7-10-13(2)14-11-8-6-9-12-14/h3,6,8-9,11-13H,1,4-5,7,10H2,2H3. The van der Waals surface area contributed by atoms with Crippen LogP contribution in [0.4, 0.5) is 0 Å². The highest BCUT2D eigenvalue weighted by Gasteiger charge is 2.03. The lowest BCUT2D eigenvalue weighted by Gasteiger charge is -2.10. The molecule has 0 aromatic heterocycles. The molecule has 0 bridgehead atoms. The molecular formula is C14H20. The van der Waals surface area contributed by atoms with Crippen molar-refractivity contribution < 1.29 is 0 Å². The third-order valence-corrected chi connectivity index (χ3v) is 2.66. The second kappa shape index (κ2) is 6.42. The van der Waals surface area contributed by atoms with Crippen LogP contribution in [-0.2, 0) is 0 Å². The molecule has 0 aliphatic heterocycles. The summed E-state index contributed by atoms with van der Waals surface area (Å²) in [7, 11) is 0. The Kier molecular flexibility index (Phi) is 5.06. The van der Waals surface area contributed by atoms with Crippen LogP contribution >= 0.6 is 0 Å². The summed E-state index contributed by atoms with van der Waals surface area (Å²) < 4.78 is 0. The number of hydrogen-bond acceptors (Lipinski definition) is 0. The summed E-state index contributed by atoms with van der Waals surface area (Å²) in [5, 5.41) is 0. The third kappa shape index (κ3) is 3.78. The Morgan fingerprint density at radius 2 is 1.93 bits per heavy atom. The zero-order valence-corrected chi connectivity index (χ0v) is 9.08. The summed E-state index contributed by atoms with van der Waals surface area (Å²) in [5.74, 6) is 0.695. The molecule has 1 rings (SSSR count). The molecule has 0 aliphatic rings. The molecule has 0 fully saturated rings. The van der Waals surface area contributed by atoms with Crippen molar-refractivity contribution >= 4 is 0 Å². The van der Waals surface area contributed by atoms with E-state index in [2.05, 4.69) is 43.8 Å². The van der Waals surface area contributed by atoms with E-state index in [9.17, 15) is 0 Å². The van der Waals surface area contributed by atoms with Crippen molar-refractivity contribution in [1.82, 2.24) is 0 Å². The number of unbranched alkanes of at least 4 members (excludes halogenated alkanes) is 2. The van der Waals surface area contributed by atoms with Gasteiger partial charge in [-0.25, -0.2) is 0 Å². The minimum Gasteiger partial charge on any atom is -0.103 e. The van der Waals surface area contributed by atoms with Crippen molar-refractivity contribution in [1.29, 1.82) is 0 Å². The van der Waals surface area contributed by atoms with Gasteiger partial charge in [0.25, 0.3) is 0 Å². The fourth-order valence-electron chi connectivity index (χ4n) is 1.69. The minimum atomic E-state index is 0.695. The fraction of sp³-hybridized carbons (Fsp3) is 0.429. The zero-order valence-electron chi connectivity index (χ0n) is 9.08. The first-order chi connectivity index (χ1) is 6.84. The van der Waals surface area contributed by atoms with Crippen molar-refractivity contribution in [3.8, 4) is 0 Å². The van der Waals surface area contributed by atoms with Gasteiger partial charge in [0.15, 0.2) is 0 Å². The second-order valence-electron chi connectivity index (χ2n) is 3.88. The highest BCUT2D eigenvalue weighted by Crippen LogP contribution is 2.21. The van der Waals surface area contributed by atoms with Crippen LogP contribution in [0.1, 0.15) is 44.1 Å². The third-order valence-electron chi connectivity index (χ3n) is 2.66. The van der Waals surface area contributed by atoms with Crippen molar-refractivity contribution in [3.05, 3.63) is 48.6 Å². The fourth-order valence-corrected chi connectivity index (χ4v) is 1.69. The van der Waals surface area contributed by atoms with Crippen LogP contribution in [0.25, 0.3) is 0 Å². The number of allylic oxidation sites excluding steroid dienone is 1. The van der Waals surface area contributed by atoms with Gasteiger partial charge in [0.2, 0.25) is 0 Å². The van der Waals surface area contributed by atoms with E-state index >= 15 is 0 Å². The van der Waals surface area contributed by atoms with Crippen molar-refractivity contribution in [2.24, 2.45) is 0 Å². The van der Waals surface area contributed by atoms with Crippen LogP contribution in [0.2, 0.25) is 0 Å². The maximum atomic E-state index is 3.74. The molecule has 0 spiro atoms. The zero-order chi connectivity index (χ0) is 10.2. The lowest BCUT2D eigenvalue weighted by atomic mass is 9.95. The molecule has 0 radical (unpaired) electrons. The van der Waals surface area contributed by atoms with Gasteiger partial charge in [0.05, 0.1) is 0 Å². The molecule has 1 aromatic carbocycles. The van der Waals surface area contributed by atoms with Gasteiger partial charge < -0.3 is 0 Å². The van der Waals surface area contributed by atoms with Crippen molar-refractivity contribution in [2.45, 2.75) is 38.5 Å². The molecule has 0 nitrogen and oxygen atoms in total. The normalized spacial score (nSPS) is 12.4. The van der Waals surface area contributed by atoms with E-state index in [0.717, 1.165) is 6.42 Å². The molecule has 0 heterocycles. The Hall–Kier alpha value is -1.04. The topological polar surface area (TPSA) is 0 Å². The Bertz CT molecular complexity index is 248. The number of hydrogen-bond donors (Lipinski definition) is 0. The van der Waals surface area contributed by atoms with Gasteiger partial charge in [0.1, 0.15) is 0 Å². The van der Waals surface area contributed by atoms with Crippen LogP contribution in [0, 0.1) is 0 Å². The summed E-state index contributed by atoms with van der Waals surface area (Å²) >= 11 is 0. The summed E-state index contributed by atoms with van der Waals surface area (Å²) in [6.45, 7) is 6.04. The van der Waals surface area contributed by atoms with Crippen LogP contribution in [0.15, 0.2) is 43.0 Å². The molecule has 14 heavy (non-hydrogen) atoms. The first-order valence-corrected chi connectivity index (χ1v) is 5.50. The molecular weight excluding hydrogens is 168 g/mol. The summed E-state index contributed by atoms with van der Waals surface area (Å²) in [6.07, 6.45) is 7.04. The first-order valence-electron chi connectivity index (χ1n) is 5.50. The van der Waals surface area contributed by atoms with Gasteiger partial charge in [-0.05, 0) is 30.7 Å². The van der Waals surface area contributed by atoms with Gasteiger partial charge in [-0.3, -0.25) is 0 Å². The van der Waals surface area contributed by atoms with Crippen molar-refractivity contribution in [2.75, 3.05) is 0 Å². The summed E-state index contributed by atoms with van der Waals surface area (Å²) in [4.78, 5) is 0. The van der Waals surface area contributed by atoms with Crippen LogP contribution in [0.3, 0.4) is 0 Å².